The third-order valence-corrected chi connectivity index (χ3v) is 2.54. The van der Waals surface area contributed by atoms with Gasteiger partial charge in [0.1, 0.15) is 0 Å². The van der Waals surface area contributed by atoms with Gasteiger partial charge in [-0.1, -0.05) is 19.1 Å². The highest BCUT2D eigenvalue weighted by molar-refractivity contribution is 5.85. The van der Waals surface area contributed by atoms with Crippen LogP contribution in [-0.2, 0) is 11.2 Å². The van der Waals surface area contributed by atoms with E-state index < -0.39 is 5.97 Å². The normalized spacial score (nSPS) is 11.0. The van der Waals surface area contributed by atoms with E-state index in [-0.39, 0.29) is 0 Å². The zero-order valence-electron chi connectivity index (χ0n) is 10.5. The van der Waals surface area contributed by atoms with Crippen LogP contribution in [0.25, 0.3) is 11.8 Å². The first kappa shape index (κ1) is 12.9. The number of aryl methyl sites for hydroxylation is 1. The molecule has 1 aromatic heterocycles. The van der Waals surface area contributed by atoms with Gasteiger partial charge in [0.15, 0.2) is 5.82 Å². The fourth-order valence-electron chi connectivity index (χ4n) is 1.71. The summed E-state index contributed by atoms with van der Waals surface area (Å²) in [6.45, 7) is 2.06. The first-order chi connectivity index (χ1) is 9.20. The van der Waals surface area contributed by atoms with Crippen LogP contribution in [0.2, 0.25) is 0 Å². The number of rotatable bonds is 5. The van der Waals surface area contributed by atoms with Gasteiger partial charge in [0.05, 0.1) is 5.69 Å². The number of tetrazole rings is 1. The van der Waals surface area contributed by atoms with Crippen LogP contribution in [0, 0.1) is 0 Å². The Labute approximate surface area is 110 Å². The lowest BCUT2D eigenvalue weighted by Crippen LogP contribution is -2.03. The lowest BCUT2D eigenvalue weighted by molar-refractivity contribution is -0.131. The predicted molar refractivity (Wildman–Crippen MR) is 69.8 cm³/mol. The maximum atomic E-state index is 10.5. The number of hydrogen-bond acceptors (Lipinski definition) is 4. The summed E-state index contributed by atoms with van der Waals surface area (Å²) in [4.78, 5) is 10.5. The topological polar surface area (TPSA) is 80.9 Å². The highest BCUT2D eigenvalue weighted by Gasteiger charge is 2.07. The van der Waals surface area contributed by atoms with Crippen molar-refractivity contribution in [2.75, 3.05) is 0 Å². The zero-order valence-corrected chi connectivity index (χ0v) is 10.5. The van der Waals surface area contributed by atoms with Gasteiger partial charge in [-0.2, -0.15) is 4.68 Å². The molecule has 2 aromatic rings. The van der Waals surface area contributed by atoms with Crippen LogP contribution in [0.3, 0.4) is 0 Å². The molecule has 98 valence electrons. The summed E-state index contributed by atoms with van der Waals surface area (Å²) in [6, 6.07) is 7.39. The van der Waals surface area contributed by atoms with Crippen LogP contribution in [0.5, 0.6) is 0 Å². The fourth-order valence-corrected chi connectivity index (χ4v) is 1.71. The van der Waals surface area contributed by atoms with Crippen molar-refractivity contribution in [3.8, 4) is 5.69 Å². The number of aliphatic carboxylic acids is 1. The summed E-state index contributed by atoms with van der Waals surface area (Å²) >= 11 is 0. The molecule has 1 aromatic carbocycles. The van der Waals surface area contributed by atoms with Crippen molar-refractivity contribution in [2.45, 2.75) is 19.8 Å². The summed E-state index contributed by atoms with van der Waals surface area (Å²) in [5.74, 6) is -0.179. The van der Waals surface area contributed by atoms with E-state index in [1.165, 1.54) is 6.08 Å². The van der Waals surface area contributed by atoms with E-state index >= 15 is 0 Å². The molecule has 1 N–H and O–H groups in total. The van der Waals surface area contributed by atoms with Crippen molar-refractivity contribution < 1.29 is 9.90 Å². The number of carboxylic acids is 1. The summed E-state index contributed by atoms with van der Waals surface area (Å²) in [5.41, 5.74) is 1.61. The van der Waals surface area contributed by atoms with Crippen LogP contribution in [-0.4, -0.2) is 31.3 Å². The number of nitrogens with zero attached hydrogens (tertiary/aromatic N) is 4. The van der Waals surface area contributed by atoms with E-state index in [1.54, 1.807) is 4.68 Å². The number of aromatic nitrogens is 4. The Bertz CT molecular complexity index is 604. The van der Waals surface area contributed by atoms with Crippen molar-refractivity contribution in [3.63, 3.8) is 0 Å². The van der Waals surface area contributed by atoms with E-state index in [2.05, 4.69) is 22.4 Å². The minimum absolute atomic E-state index is 0.790. The molecule has 0 atom stereocenters. The Morgan fingerprint density at radius 1 is 1.47 bits per heavy atom. The zero-order chi connectivity index (χ0) is 13.7. The Hall–Kier alpha value is -2.50. The second-order valence-electron chi connectivity index (χ2n) is 4.02. The number of hydrogen-bond donors (Lipinski definition) is 1. The van der Waals surface area contributed by atoms with E-state index in [4.69, 9.17) is 5.11 Å². The molecule has 0 radical (unpaired) electrons. The fraction of sp³-hybridized carbons (Fsp3) is 0.231. The van der Waals surface area contributed by atoms with Crippen LogP contribution >= 0.6 is 0 Å². The maximum Gasteiger partial charge on any atom is 0.328 e. The Morgan fingerprint density at radius 3 is 3.05 bits per heavy atom. The molecular formula is C13H14N4O2. The average molecular weight is 258 g/mol. The lowest BCUT2D eigenvalue weighted by Gasteiger charge is -2.04. The molecule has 0 saturated carbocycles. The minimum Gasteiger partial charge on any atom is -0.478 e. The van der Waals surface area contributed by atoms with Crippen molar-refractivity contribution in [1.82, 2.24) is 20.2 Å². The van der Waals surface area contributed by atoms with Crippen molar-refractivity contribution in [2.24, 2.45) is 0 Å². The molecule has 2 rings (SSSR count). The molecule has 0 spiro atoms. The van der Waals surface area contributed by atoms with Gasteiger partial charge in [-0.05, 0) is 40.6 Å². The summed E-state index contributed by atoms with van der Waals surface area (Å²) < 4.78 is 1.67. The second kappa shape index (κ2) is 5.90. The van der Waals surface area contributed by atoms with Gasteiger partial charge < -0.3 is 5.11 Å². The standard InChI is InChI=1S/C13H14N4O2/c1-2-4-12-14-15-16-17(12)11-6-3-5-10(9-11)7-8-13(18)19/h3,5-9H,2,4H2,1H3,(H,18,19)/b8-7+. The smallest absolute Gasteiger partial charge is 0.328 e. The van der Waals surface area contributed by atoms with Gasteiger partial charge in [0.25, 0.3) is 0 Å². The van der Waals surface area contributed by atoms with Gasteiger partial charge in [0.2, 0.25) is 0 Å². The third-order valence-electron chi connectivity index (χ3n) is 2.54. The first-order valence-electron chi connectivity index (χ1n) is 5.99. The highest BCUT2D eigenvalue weighted by atomic mass is 16.4. The van der Waals surface area contributed by atoms with E-state index in [9.17, 15) is 4.79 Å². The number of carboxylic acid groups (broad SMARTS) is 1. The van der Waals surface area contributed by atoms with Gasteiger partial charge in [-0.3, -0.25) is 0 Å². The van der Waals surface area contributed by atoms with Crippen molar-refractivity contribution >= 4 is 12.0 Å². The van der Waals surface area contributed by atoms with Gasteiger partial charge in [-0.25, -0.2) is 4.79 Å². The summed E-state index contributed by atoms with van der Waals surface area (Å²) in [5, 5.41) is 20.2. The summed E-state index contributed by atoms with van der Waals surface area (Å²) in [7, 11) is 0. The number of benzene rings is 1. The van der Waals surface area contributed by atoms with Crippen LogP contribution in [0.4, 0.5) is 0 Å². The van der Waals surface area contributed by atoms with E-state index in [0.717, 1.165) is 36.0 Å². The molecular weight excluding hydrogens is 244 g/mol. The van der Waals surface area contributed by atoms with E-state index in [1.807, 2.05) is 24.3 Å². The second-order valence-corrected chi connectivity index (χ2v) is 4.02. The van der Waals surface area contributed by atoms with Crippen molar-refractivity contribution in [3.05, 3.63) is 41.7 Å². The molecule has 0 saturated heterocycles. The van der Waals surface area contributed by atoms with Gasteiger partial charge in [-0.15, -0.1) is 5.10 Å². The van der Waals surface area contributed by atoms with E-state index in [0.29, 0.717) is 0 Å². The SMILES string of the molecule is CCCc1nnnn1-c1cccc(/C=C/C(=O)O)c1. The highest BCUT2D eigenvalue weighted by Crippen LogP contribution is 2.13. The van der Waals surface area contributed by atoms with Crippen LogP contribution in [0.1, 0.15) is 24.7 Å². The number of carbonyl (C=O) groups is 1. The molecule has 6 heteroatoms. The molecule has 0 aliphatic carbocycles. The van der Waals surface area contributed by atoms with Crippen LogP contribution < -0.4 is 0 Å². The molecule has 19 heavy (non-hydrogen) atoms. The third kappa shape index (κ3) is 3.25. The molecule has 0 aliphatic heterocycles. The quantitative estimate of drug-likeness (QED) is 0.826. The van der Waals surface area contributed by atoms with Crippen molar-refractivity contribution in [1.29, 1.82) is 0 Å². The van der Waals surface area contributed by atoms with Crippen LogP contribution in [0.15, 0.2) is 30.3 Å². The lowest BCUT2D eigenvalue weighted by atomic mass is 10.2. The Kier molecular flexibility index (Phi) is 4.02. The summed E-state index contributed by atoms with van der Waals surface area (Å²) in [6.07, 6.45) is 4.39. The largest absolute Gasteiger partial charge is 0.478 e. The molecule has 0 unspecified atom stereocenters. The molecule has 0 bridgehead atoms. The van der Waals surface area contributed by atoms with Gasteiger partial charge in [0, 0.05) is 12.5 Å². The Balaban J connectivity index is 2.32. The molecule has 6 nitrogen and oxygen atoms in total. The minimum atomic E-state index is -0.973. The molecule has 0 aliphatic rings. The first-order valence-corrected chi connectivity index (χ1v) is 5.99. The molecule has 0 amide bonds. The monoisotopic (exact) mass is 258 g/mol. The predicted octanol–water partition coefficient (Wildman–Crippen LogP) is 1.71. The molecule has 1 heterocycles. The van der Waals surface area contributed by atoms with Gasteiger partial charge >= 0.3 is 5.97 Å². The average Bonchev–Trinajstić information content (AvgIpc) is 2.85. The maximum absolute atomic E-state index is 10.5. The Morgan fingerprint density at radius 2 is 2.32 bits per heavy atom. The molecule has 0 fully saturated rings.